The maximum Gasteiger partial charge on any atom is 0.332 e. The second-order valence-corrected chi connectivity index (χ2v) is 32.1. The molecule has 548 valence electrons. The molecule has 12 saturated heterocycles. The lowest BCUT2D eigenvalue weighted by Crippen LogP contribution is -2.64. The van der Waals surface area contributed by atoms with Gasteiger partial charge in [0.1, 0.15) is 172 Å². The van der Waals surface area contributed by atoms with Gasteiger partial charge < -0.3 is 75.8 Å². The molecule has 20 atom stereocenters. The molecule has 0 aromatic carbocycles. The Bertz CT molecular complexity index is 3640. The molecule has 0 aromatic heterocycles. The Morgan fingerprint density at radius 1 is 0.459 bits per heavy atom. The number of carbonyl (C=O) groups is 8. The second kappa shape index (κ2) is 28.8. The van der Waals surface area contributed by atoms with Crippen molar-refractivity contribution >= 4 is 88.2 Å². The van der Waals surface area contributed by atoms with Crippen LogP contribution in [-0.4, -0.2) is 276 Å². The molecule has 12 heterocycles. The van der Waals surface area contributed by atoms with Crippen LogP contribution in [0.15, 0.2) is 50.6 Å². The van der Waals surface area contributed by atoms with Crippen LogP contribution in [0.2, 0.25) is 0 Å². The molecule has 12 rings (SSSR count). The lowest BCUT2D eigenvalue weighted by Gasteiger charge is -2.45. The van der Waals surface area contributed by atoms with Crippen molar-refractivity contribution < 1.29 is 165 Å². The standard InChI is InChI=1S/C16H22O9S.3C14H18O9S/c1-5-11(17)21-6-7-22-12(18)9-23-16(4)14(2)8-10-13(24-14)15(16,3)25-26(10,19)20;1-3-10(15)19-4-5-20-11(16)7-21-14(2)9-6-8-12(22-9)13(14)23-24(8,17)18;1-3-10(15)19-4-5-20-11(16)7-21-12-8-6-9-14(2,22-8)13(12)23-24(9,17)18;1-3-9(15)19-4-5-20-10(16)7-21-13-12-11-8(24(17,18)23-12)6-14(13,2)22-11/h5,10,13H,1,6-9H2,2-4H3;2*3,8-9,12-13H,1,4-7H2,2H3;3,8,11-13H,1,4-7H2,2H3. The zero-order valence-corrected chi connectivity index (χ0v) is 57.1. The highest BCUT2D eigenvalue weighted by Crippen LogP contribution is 2.65. The summed E-state index contributed by atoms with van der Waals surface area (Å²) < 4.78 is 200. The molecule has 0 spiro atoms. The van der Waals surface area contributed by atoms with Crippen LogP contribution in [0.5, 0.6) is 0 Å². The molecule has 12 aliphatic heterocycles. The van der Waals surface area contributed by atoms with E-state index in [0.717, 1.165) is 24.3 Å². The van der Waals surface area contributed by atoms with E-state index < -0.39 is 210 Å². The molecule has 36 nitrogen and oxygen atoms in total. The number of esters is 8. The predicted octanol–water partition coefficient (Wildman–Crippen LogP) is -2.01. The third-order valence-corrected chi connectivity index (χ3v) is 25.9. The average molecular weight is 1480 g/mol. The fraction of sp³-hybridized carbons (Fsp3) is 0.724. The third-order valence-electron chi connectivity index (χ3n) is 19.0. The van der Waals surface area contributed by atoms with Crippen molar-refractivity contribution in [1.82, 2.24) is 0 Å². The lowest BCUT2D eigenvalue weighted by atomic mass is 9.67. The maximum atomic E-state index is 12.2. The van der Waals surface area contributed by atoms with Crippen molar-refractivity contribution in [1.29, 1.82) is 0 Å². The lowest BCUT2D eigenvalue weighted by molar-refractivity contribution is -0.190. The number of hydrogen-bond acceptors (Lipinski definition) is 36. The topological polar surface area (TPSA) is 458 Å². The van der Waals surface area contributed by atoms with Crippen molar-refractivity contribution in [3.8, 4) is 0 Å². The molecule has 8 bridgehead atoms. The number of carbonyl (C=O) groups excluding carboxylic acids is 8. The number of ether oxygens (including phenoxy) is 16. The van der Waals surface area contributed by atoms with Crippen molar-refractivity contribution in [2.24, 2.45) is 0 Å². The molecule has 12 fully saturated rings. The molecule has 0 amide bonds. The van der Waals surface area contributed by atoms with E-state index in [0.29, 0.717) is 0 Å². The zero-order valence-electron chi connectivity index (χ0n) is 53.9. The summed E-state index contributed by atoms with van der Waals surface area (Å²) in [5.41, 5.74) is -6.04. The van der Waals surface area contributed by atoms with Gasteiger partial charge in [0.25, 0.3) is 40.5 Å². The van der Waals surface area contributed by atoms with Crippen molar-refractivity contribution in [2.75, 3.05) is 79.3 Å². The Morgan fingerprint density at radius 3 is 1.45 bits per heavy atom. The smallest absolute Gasteiger partial charge is 0.332 e. The predicted molar refractivity (Wildman–Crippen MR) is 319 cm³/mol. The Kier molecular flexibility index (Phi) is 22.4. The Hall–Kier alpha value is -5.96. The first kappa shape index (κ1) is 76.2. The number of rotatable bonds is 28. The quantitative estimate of drug-likeness (QED) is 0.0268. The molecule has 0 aromatic rings. The Balaban J connectivity index is 0.000000153. The first-order valence-electron chi connectivity index (χ1n) is 30.5. The molecule has 0 radical (unpaired) electrons. The molecule has 0 aliphatic carbocycles. The van der Waals surface area contributed by atoms with E-state index in [2.05, 4.69) is 40.5 Å². The summed E-state index contributed by atoms with van der Waals surface area (Å²) in [4.78, 5) is 90.2. The largest absolute Gasteiger partial charge is 0.460 e. The van der Waals surface area contributed by atoms with Gasteiger partial charge in [0, 0.05) is 37.1 Å². The molecule has 12 aliphatic rings. The minimum absolute atomic E-state index is 0.0878. The molecule has 98 heavy (non-hydrogen) atoms. The van der Waals surface area contributed by atoms with E-state index in [1.54, 1.807) is 41.5 Å². The highest BCUT2D eigenvalue weighted by Gasteiger charge is 2.83. The summed E-state index contributed by atoms with van der Waals surface area (Å²) in [6.07, 6.45) is -1.10. The van der Waals surface area contributed by atoms with Crippen LogP contribution >= 0.6 is 0 Å². The van der Waals surface area contributed by atoms with Gasteiger partial charge >= 0.3 is 47.8 Å². The average Bonchev–Trinajstić information content (AvgIpc) is 1.52. The van der Waals surface area contributed by atoms with Crippen LogP contribution in [0.3, 0.4) is 0 Å². The van der Waals surface area contributed by atoms with E-state index in [4.69, 9.17) is 78.3 Å². The van der Waals surface area contributed by atoms with Gasteiger partial charge in [-0.2, -0.15) is 33.7 Å². The molecular formula is C58H76O36S4. The van der Waals surface area contributed by atoms with Crippen molar-refractivity contribution in [2.45, 2.75) is 183 Å². The summed E-state index contributed by atoms with van der Waals surface area (Å²) in [6, 6.07) is 0. The summed E-state index contributed by atoms with van der Waals surface area (Å²) in [5, 5.41) is -2.73. The molecule has 40 heteroatoms. The summed E-state index contributed by atoms with van der Waals surface area (Å²) in [6.45, 7) is 20.7. The second-order valence-electron chi connectivity index (χ2n) is 25.0. The van der Waals surface area contributed by atoms with Crippen LogP contribution in [0.4, 0.5) is 0 Å². The van der Waals surface area contributed by atoms with E-state index in [9.17, 15) is 72.0 Å². The van der Waals surface area contributed by atoms with Crippen LogP contribution in [0.1, 0.15) is 67.2 Å². The number of fused-ring (bicyclic) bond motifs is 4. The van der Waals surface area contributed by atoms with Gasteiger partial charge in [-0.15, -0.1) is 0 Å². The van der Waals surface area contributed by atoms with Crippen LogP contribution in [0.25, 0.3) is 0 Å². The van der Waals surface area contributed by atoms with Gasteiger partial charge in [-0.3, -0.25) is 16.7 Å². The van der Waals surface area contributed by atoms with Gasteiger partial charge in [0.15, 0.2) is 0 Å². The van der Waals surface area contributed by atoms with Crippen molar-refractivity contribution in [3.63, 3.8) is 0 Å². The first-order valence-corrected chi connectivity index (χ1v) is 36.4. The van der Waals surface area contributed by atoms with E-state index in [1.807, 2.05) is 0 Å². The fourth-order valence-corrected chi connectivity index (χ4v) is 21.4. The minimum atomic E-state index is -3.74. The zero-order chi connectivity index (χ0) is 72.0. The Morgan fingerprint density at radius 2 is 0.929 bits per heavy atom. The van der Waals surface area contributed by atoms with Gasteiger partial charge in [-0.1, -0.05) is 26.3 Å². The Labute approximate surface area is 563 Å². The van der Waals surface area contributed by atoms with Gasteiger partial charge in [0.2, 0.25) is 0 Å². The normalized spacial score (nSPS) is 39.0. The monoisotopic (exact) mass is 1480 g/mol. The maximum absolute atomic E-state index is 12.2. The van der Waals surface area contributed by atoms with Crippen LogP contribution in [-0.2, 0) is 171 Å². The summed E-state index contributed by atoms with van der Waals surface area (Å²) >= 11 is 0. The van der Waals surface area contributed by atoms with E-state index in [1.165, 1.54) is 0 Å². The van der Waals surface area contributed by atoms with E-state index >= 15 is 0 Å². The SMILES string of the molecule is C=CC(=O)OCCOC(=O)COC1(C)C2(C)CC3C(O2)C1(C)OS3(=O)=O.C=CC(=O)OCCOC(=O)COC1(C)C2CC3C(O2)C1OS3(=O)=O.C=CC(=O)OCCOC(=O)COC1C2CC3C(C)(O2)C1OS3(=O)=O.C=CC(=O)OCCOC(=O)COC1C2OS(=O)(=O)C3CC1(C)OC23. The van der Waals surface area contributed by atoms with Crippen LogP contribution in [0, 0.1) is 0 Å². The molecular weight excluding hydrogens is 1400 g/mol. The first-order chi connectivity index (χ1) is 45.8. The molecule has 0 saturated carbocycles. The van der Waals surface area contributed by atoms with Crippen LogP contribution < -0.4 is 0 Å². The van der Waals surface area contributed by atoms with E-state index in [-0.39, 0.29) is 98.4 Å². The summed E-state index contributed by atoms with van der Waals surface area (Å²) in [5.74, 6) is -5.09. The summed E-state index contributed by atoms with van der Waals surface area (Å²) in [7, 11) is -14.7. The van der Waals surface area contributed by atoms with Crippen molar-refractivity contribution in [3.05, 3.63) is 50.6 Å². The highest BCUT2D eigenvalue weighted by molar-refractivity contribution is 7.88. The fourth-order valence-electron chi connectivity index (χ4n) is 14.1. The number of hydrogen-bond donors (Lipinski definition) is 0. The van der Waals surface area contributed by atoms with Gasteiger partial charge in [-0.05, 0) is 54.4 Å². The minimum Gasteiger partial charge on any atom is -0.460 e. The van der Waals surface area contributed by atoms with Gasteiger partial charge in [-0.25, -0.2) is 38.4 Å². The molecule has 20 unspecified atom stereocenters. The van der Waals surface area contributed by atoms with Gasteiger partial charge in [0.05, 0.1) is 23.4 Å². The third kappa shape index (κ3) is 14.7. The molecule has 0 N–H and O–H groups in total. The highest BCUT2D eigenvalue weighted by atomic mass is 32.2.